The Hall–Kier alpha value is -0.970. The number of hydrogen-bond acceptors (Lipinski definition) is 4. The lowest BCUT2D eigenvalue weighted by molar-refractivity contribution is 0.0493. The molecule has 3 aliphatic carbocycles. The van der Waals surface area contributed by atoms with Crippen LogP contribution in [0.1, 0.15) is 93.8 Å². The van der Waals surface area contributed by atoms with Gasteiger partial charge in [0.2, 0.25) is 5.76 Å². The van der Waals surface area contributed by atoms with Gasteiger partial charge in [0.05, 0.1) is 10.6 Å². The van der Waals surface area contributed by atoms with E-state index < -0.39 is 0 Å². The van der Waals surface area contributed by atoms with Crippen molar-refractivity contribution in [3.05, 3.63) is 11.5 Å². The molecule has 28 heavy (non-hydrogen) atoms. The Morgan fingerprint density at radius 2 is 1.75 bits per heavy atom. The maximum Gasteiger partial charge on any atom is 0.293 e. The van der Waals surface area contributed by atoms with E-state index in [0.29, 0.717) is 16.9 Å². The maximum atomic E-state index is 13.3. The number of amides is 1. The van der Waals surface area contributed by atoms with Gasteiger partial charge >= 0.3 is 0 Å². The van der Waals surface area contributed by atoms with Gasteiger partial charge in [0.1, 0.15) is 0 Å². The summed E-state index contributed by atoms with van der Waals surface area (Å²) in [6, 6.07) is 0.258. The van der Waals surface area contributed by atoms with Gasteiger partial charge < -0.3 is 9.42 Å². The number of rotatable bonds is 5. The number of carbonyl (C=O) groups excluding carboxylic acids is 1. The molecule has 0 aliphatic heterocycles. The molecule has 1 heterocycles. The van der Waals surface area contributed by atoms with E-state index in [0.717, 1.165) is 22.4 Å². The Morgan fingerprint density at radius 3 is 2.43 bits per heavy atom. The quantitative estimate of drug-likeness (QED) is 0.596. The highest BCUT2D eigenvalue weighted by molar-refractivity contribution is 8.00. The van der Waals surface area contributed by atoms with Crippen LogP contribution >= 0.6 is 11.8 Å². The Kier molecular flexibility index (Phi) is 6.39. The molecule has 1 aromatic rings. The lowest BCUT2D eigenvalue weighted by atomic mass is 9.66. The van der Waals surface area contributed by atoms with E-state index in [1.165, 1.54) is 70.6 Å². The van der Waals surface area contributed by atoms with E-state index in [2.05, 4.69) is 12.1 Å². The van der Waals surface area contributed by atoms with Gasteiger partial charge in [-0.25, -0.2) is 0 Å². The molecule has 1 aromatic heterocycles. The molecular formula is C23H36N2O2S. The van der Waals surface area contributed by atoms with Gasteiger partial charge in [-0.15, -0.1) is 11.8 Å². The smallest absolute Gasteiger partial charge is 0.293 e. The summed E-state index contributed by atoms with van der Waals surface area (Å²) in [6.45, 7) is 4.21. The highest BCUT2D eigenvalue weighted by atomic mass is 32.2. The molecule has 3 aliphatic rings. The van der Waals surface area contributed by atoms with Crippen LogP contribution in [0.3, 0.4) is 0 Å². The third-order valence-corrected chi connectivity index (χ3v) is 9.14. The molecule has 3 fully saturated rings. The lowest BCUT2D eigenvalue weighted by Crippen LogP contribution is -2.43. The van der Waals surface area contributed by atoms with E-state index in [-0.39, 0.29) is 11.9 Å². The molecule has 0 aromatic carbocycles. The van der Waals surface area contributed by atoms with Crippen molar-refractivity contribution < 1.29 is 9.32 Å². The minimum Gasteiger partial charge on any atom is -0.350 e. The first kappa shape index (κ1) is 20.3. The van der Waals surface area contributed by atoms with Crippen molar-refractivity contribution in [3.8, 4) is 0 Å². The third-order valence-electron chi connectivity index (χ3n) is 7.62. The summed E-state index contributed by atoms with van der Waals surface area (Å²) < 4.78 is 5.57. The highest BCUT2D eigenvalue weighted by Gasteiger charge is 2.37. The van der Waals surface area contributed by atoms with Crippen LogP contribution in [-0.2, 0) is 0 Å². The topological polar surface area (TPSA) is 46.3 Å². The van der Waals surface area contributed by atoms with E-state index >= 15 is 0 Å². The second-order valence-electron chi connectivity index (χ2n) is 9.59. The molecule has 0 N–H and O–H groups in total. The first-order chi connectivity index (χ1) is 13.5. The van der Waals surface area contributed by atoms with Crippen molar-refractivity contribution >= 4 is 17.7 Å². The van der Waals surface area contributed by atoms with Gasteiger partial charge in [-0.2, -0.15) is 0 Å². The normalized spacial score (nSPS) is 29.5. The lowest BCUT2D eigenvalue weighted by Gasteiger charge is -2.43. The number of aryl methyl sites for hydroxylation is 1. The fourth-order valence-corrected chi connectivity index (χ4v) is 7.17. The number of aromatic nitrogens is 1. The summed E-state index contributed by atoms with van der Waals surface area (Å²) in [6.07, 6.45) is 14.6. The average molecular weight is 405 g/mol. The Bertz CT molecular complexity index is 670. The van der Waals surface area contributed by atoms with Crippen LogP contribution in [-0.4, -0.2) is 34.3 Å². The molecule has 1 amide bonds. The molecule has 3 saturated carbocycles. The number of carbonyl (C=O) groups is 1. The third kappa shape index (κ3) is 4.29. The zero-order valence-corrected chi connectivity index (χ0v) is 18.6. The molecule has 5 heteroatoms. The molecule has 4 nitrogen and oxygen atoms in total. The number of hydrogen-bond donors (Lipinski definition) is 0. The Morgan fingerprint density at radius 1 is 1.07 bits per heavy atom. The van der Waals surface area contributed by atoms with Crippen LogP contribution < -0.4 is 0 Å². The number of thioether (sulfide) groups is 1. The average Bonchev–Trinajstić information content (AvgIpc) is 3.07. The fraction of sp³-hybridized carbons (Fsp3) is 0.826. The molecule has 0 radical (unpaired) electrons. The van der Waals surface area contributed by atoms with Gasteiger partial charge in [0.25, 0.3) is 5.91 Å². The fourth-order valence-electron chi connectivity index (χ4n) is 5.82. The van der Waals surface area contributed by atoms with Gasteiger partial charge in [-0.05, 0) is 63.7 Å². The first-order valence-electron chi connectivity index (χ1n) is 11.4. The van der Waals surface area contributed by atoms with Crippen molar-refractivity contribution in [2.75, 3.05) is 7.05 Å². The monoisotopic (exact) mass is 404 g/mol. The second kappa shape index (κ2) is 8.81. The van der Waals surface area contributed by atoms with Gasteiger partial charge in [0.15, 0.2) is 0 Å². The van der Waals surface area contributed by atoms with Crippen molar-refractivity contribution in [1.29, 1.82) is 0 Å². The summed E-state index contributed by atoms with van der Waals surface area (Å²) in [5, 5.41) is 4.76. The predicted molar refractivity (Wildman–Crippen MR) is 114 cm³/mol. The largest absolute Gasteiger partial charge is 0.350 e. The molecule has 0 saturated heterocycles. The van der Waals surface area contributed by atoms with Crippen LogP contribution in [0, 0.1) is 24.7 Å². The minimum atomic E-state index is 0.0159. The van der Waals surface area contributed by atoms with Crippen LogP contribution in [0.25, 0.3) is 0 Å². The van der Waals surface area contributed by atoms with E-state index in [1.807, 2.05) is 30.6 Å². The molecular weight excluding hydrogens is 368 g/mol. The summed E-state index contributed by atoms with van der Waals surface area (Å²) in [5.41, 5.74) is 0.868. The number of nitrogens with zero attached hydrogens (tertiary/aromatic N) is 2. The summed E-state index contributed by atoms with van der Waals surface area (Å²) in [7, 11) is 1.96. The molecule has 156 valence electrons. The summed E-state index contributed by atoms with van der Waals surface area (Å²) in [5.74, 6) is 2.87. The van der Waals surface area contributed by atoms with Crippen LogP contribution in [0.15, 0.2) is 9.42 Å². The molecule has 0 spiro atoms. The van der Waals surface area contributed by atoms with Crippen molar-refractivity contribution in [3.63, 3.8) is 0 Å². The van der Waals surface area contributed by atoms with Crippen LogP contribution in [0.4, 0.5) is 0 Å². The first-order valence-corrected chi connectivity index (χ1v) is 12.3. The van der Waals surface area contributed by atoms with Crippen molar-refractivity contribution in [2.45, 2.75) is 101 Å². The highest BCUT2D eigenvalue weighted by Crippen LogP contribution is 2.44. The zero-order valence-electron chi connectivity index (χ0n) is 17.8. The molecule has 2 bridgehead atoms. The molecule has 3 unspecified atom stereocenters. The SMILES string of the molecule is Cc1noc(C(=O)N(C)C(C)C2CC3CCCC(C3)C2)c1SC1CCCCC1. The number of fused-ring (bicyclic) bond motifs is 2. The van der Waals surface area contributed by atoms with E-state index in [4.69, 9.17) is 4.52 Å². The van der Waals surface area contributed by atoms with E-state index in [1.54, 1.807) is 0 Å². The van der Waals surface area contributed by atoms with Crippen LogP contribution in [0.2, 0.25) is 0 Å². The standard InChI is InChI=1S/C23H36N2O2S/c1-15-22(28-20-10-5-4-6-11-20)21(27-24-15)23(26)25(3)16(2)19-13-17-8-7-9-18(12-17)14-19/h16-20H,4-14H2,1-3H3. The molecule has 3 atom stereocenters. The van der Waals surface area contributed by atoms with Gasteiger partial charge in [-0.3, -0.25) is 4.79 Å². The van der Waals surface area contributed by atoms with Gasteiger partial charge in [0, 0.05) is 18.3 Å². The Balaban J connectivity index is 1.44. The van der Waals surface area contributed by atoms with Gasteiger partial charge in [-0.1, -0.05) is 43.7 Å². The predicted octanol–water partition coefficient (Wildman–Crippen LogP) is 6.08. The zero-order chi connectivity index (χ0) is 19.7. The Labute approximate surface area is 174 Å². The maximum absolute atomic E-state index is 13.3. The van der Waals surface area contributed by atoms with Crippen LogP contribution in [0.5, 0.6) is 0 Å². The summed E-state index contributed by atoms with van der Waals surface area (Å²) >= 11 is 1.83. The minimum absolute atomic E-state index is 0.0159. The van der Waals surface area contributed by atoms with E-state index in [9.17, 15) is 4.79 Å². The second-order valence-corrected chi connectivity index (χ2v) is 10.9. The van der Waals surface area contributed by atoms with Crippen molar-refractivity contribution in [2.24, 2.45) is 17.8 Å². The molecule has 4 rings (SSSR count). The van der Waals surface area contributed by atoms with Crippen molar-refractivity contribution in [1.82, 2.24) is 10.1 Å². The summed E-state index contributed by atoms with van der Waals surface area (Å²) in [4.78, 5) is 16.3.